The van der Waals surface area contributed by atoms with E-state index in [0.717, 1.165) is 30.2 Å². The molecule has 1 aliphatic heterocycles. The van der Waals surface area contributed by atoms with E-state index in [1.807, 2.05) is 12.3 Å². The van der Waals surface area contributed by atoms with Crippen LogP contribution in [0.3, 0.4) is 0 Å². The number of thiazole rings is 1. The Bertz CT molecular complexity index is 785. The van der Waals surface area contributed by atoms with Crippen molar-refractivity contribution in [3.63, 3.8) is 0 Å². The van der Waals surface area contributed by atoms with E-state index in [0.29, 0.717) is 0 Å². The number of rotatable bonds is 2. The lowest BCUT2D eigenvalue weighted by molar-refractivity contribution is 0.644. The van der Waals surface area contributed by atoms with Crippen molar-refractivity contribution in [2.45, 2.75) is 19.9 Å². The molecule has 0 bridgehead atoms. The predicted octanol–water partition coefficient (Wildman–Crippen LogP) is 3.83. The first-order chi connectivity index (χ1) is 10.8. The SMILES string of the molecule is Cc1c(-c2ccccc2)ccnc1-c1nc2c(s1)CNCC2. The van der Waals surface area contributed by atoms with E-state index in [1.54, 1.807) is 11.3 Å². The van der Waals surface area contributed by atoms with Crippen LogP contribution in [0, 0.1) is 6.92 Å². The van der Waals surface area contributed by atoms with Crippen LogP contribution < -0.4 is 5.32 Å². The first kappa shape index (κ1) is 13.6. The summed E-state index contributed by atoms with van der Waals surface area (Å²) in [6, 6.07) is 12.6. The molecule has 0 saturated heterocycles. The fraction of sp³-hybridized carbons (Fsp3) is 0.222. The van der Waals surface area contributed by atoms with Crippen molar-refractivity contribution in [2.24, 2.45) is 0 Å². The van der Waals surface area contributed by atoms with E-state index in [1.165, 1.54) is 27.3 Å². The number of pyridine rings is 1. The van der Waals surface area contributed by atoms with Gasteiger partial charge in [0.1, 0.15) is 10.7 Å². The van der Waals surface area contributed by atoms with Gasteiger partial charge in [0, 0.05) is 30.6 Å². The molecule has 0 saturated carbocycles. The number of nitrogens with zero attached hydrogens (tertiary/aromatic N) is 2. The Balaban J connectivity index is 1.81. The van der Waals surface area contributed by atoms with Gasteiger partial charge >= 0.3 is 0 Å². The molecule has 0 fully saturated rings. The highest BCUT2D eigenvalue weighted by Gasteiger charge is 2.18. The maximum atomic E-state index is 4.83. The number of fused-ring (bicyclic) bond motifs is 1. The molecule has 0 unspecified atom stereocenters. The molecule has 110 valence electrons. The monoisotopic (exact) mass is 307 g/mol. The molecule has 3 aromatic rings. The molecule has 0 amide bonds. The van der Waals surface area contributed by atoms with Gasteiger partial charge in [-0.25, -0.2) is 4.98 Å². The molecule has 0 aliphatic carbocycles. The van der Waals surface area contributed by atoms with E-state index in [4.69, 9.17) is 4.98 Å². The molecule has 3 heterocycles. The Morgan fingerprint density at radius 3 is 2.82 bits per heavy atom. The maximum absolute atomic E-state index is 4.83. The van der Waals surface area contributed by atoms with E-state index >= 15 is 0 Å². The zero-order valence-electron chi connectivity index (χ0n) is 12.5. The minimum absolute atomic E-state index is 0.935. The summed E-state index contributed by atoms with van der Waals surface area (Å²) in [6.07, 6.45) is 2.91. The molecule has 3 nitrogen and oxygen atoms in total. The van der Waals surface area contributed by atoms with Gasteiger partial charge in [0.25, 0.3) is 0 Å². The highest BCUT2D eigenvalue weighted by Crippen LogP contribution is 2.34. The molecule has 1 N–H and O–H groups in total. The zero-order chi connectivity index (χ0) is 14.9. The molecule has 4 heteroatoms. The second kappa shape index (κ2) is 5.63. The van der Waals surface area contributed by atoms with Gasteiger partial charge in [0.05, 0.1) is 5.69 Å². The van der Waals surface area contributed by atoms with E-state index in [9.17, 15) is 0 Å². The van der Waals surface area contributed by atoms with Gasteiger partial charge in [-0.1, -0.05) is 30.3 Å². The standard InChI is InChI=1S/C18H17N3S/c1-12-14(13-5-3-2-4-6-13)7-10-20-17(12)18-21-15-8-9-19-11-16(15)22-18/h2-7,10,19H,8-9,11H2,1H3. The highest BCUT2D eigenvalue weighted by molar-refractivity contribution is 7.15. The van der Waals surface area contributed by atoms with Crippen LogP contribution in [0.25, 0.3) is 21.8 Å². The normalized spacial score (nSPS) is 13.9. The van der Waals surface area contributed by atoms with Crippen molar-refractivity contribution in [3.8, 4) is 21.8 Å². The Morgan fingerprint density at radius 1 is 1.14 bits per heavy atom. The third-order valence-corrected chi connectivity index (χ3v) is 5.20. The van der Waals surface area contributed by atoms with Gasteiger partial charge in [-0.3, -0.25) is 4.98 Å². The quantitative estimate of drug-likeness (QED) is 0.782. The van der Waals surface area contributed by atoms with Crippen molar-refractivity contribution in [1.29, 1.82) is 0 Å². The lowest BCUT2D eigenvalue weighted by atomic mass is 10.0. The minimum Gasteiger partial charge on any atom is -0.311 e. The van der Waals surface area contributed by atoms with Crippen LogP contribution in [0.15, 0.2) is 42.6 Å². The third kappa shape index (κ3) is 2.34. The van der Waals surface area contributed by atoms with Gasteiger partial charge in [-0.15, -0.1) is 11.3 Å². The predicted molar refractivity (Wildman–Crippen MR) is 90.9 cm³/mol. The average molecular weight is 307 g/mol. The van der Waals surface area contributed by atoms with Crippen LogP contribution in [0.5, 0.6) is 0 Å². The Hall–Kier alpha value is -2.04. The molecule has 0 atom stereocenters. The molecular formula is C18H17N3S. The van der Waals surface area contributed by atoms with Crippen molar-refractivity contribution in [1.82, 2.24) is 15.3 Å². The summed E-state index contributed by atoms with van der Waals surface area (Å²) in [6.45, 7) is 4.10. The molecule has 0 spiro atoms. The zero-order valence-corrected chi connectivity index (χ0v) is 13.3. The lowest BCUT2D eigenvalue weighted by Gasteiger charge is -2.09. The van der Waals surface area contributed by atoms with Crippen molar-refractivity contribution < 1.29 is 0 Å². The Morgan fingerprint density at radius 2 is 2.00 bits per heavy atom. The van der Waals surface area contributed by atoms with Gasteiger partial charge < -0.3 is 5.32 Å². The summed E-state index contributed by atoms with van der Waals surface area (Å²) in [7, 11) is 0. The first-order valence-electron chi connectivity index (χ1n) is 7.53. The molecule has 4 rings (SSSR count). The second-order valence-corrected chi connectivity index (χ2v) is 6.60. The maximum Gasteiger partial charge on any atom is 0.142 e. The topological polar surface area (TPSA) is 37.8 Å². The van der Waals surface area contributed by atoms with E-state index in [2.05, 4.69) is 47.6 Å². The summed E-state index contributed by atoms with van der Waals surface area (Å²) in [5.41, 5.74) is 5.92. The fourth-order valence-electron chi connectivity index (χ4n) is 2.91. The van der Waals surface area contributed by atoms with Crippen LogP contribution in [0.4, 0.5) is 0 Å². The summed E-state index contributed by atoms with van der Waals surface area (Å²) < 4.78 is 0. The van der Waals surface area contributed by atoms with Crippen LogP contribution in [-0.2, 0) is 13.0 Å². The number of benzene rings is 1. The fourth-order valence-corrected chi connectivity index (χ4v) is 4.04. The van der Waals surface area contributed by atoms with Gasteiger partial charge in [0.15, 0.2) is 0 Å². The molecule has 22 heavy (non-hydrogen) atoms. The molecule has 1 aromatic carbocycles. The number of aromatic nitrogens is 2. The third-order valence-electron chi connectivity index (χ3n) is 4.09. The lowest BCUT2D eigenvalue weighted by Crippen LogP contribution is -2.22. The van der Waals surface area contributed by atoms with Crippen molar-refractivity contribution >= 4 is 11.3 Å². The molecular weight excluding hydrogens is 290 g/mol. The smallest absolute Gasteiger partial charge is 0.142 e. The summed E-state index contributed by atoms with van der Waals surface area (Å²) >= 11 is 1.77. The average Bonchev–Trinajstić information content (AvgIpc) is 2.99. The summed E-state index contributed by atoms with van der Waals surface area (Å²) in [5, 5.41) is 4.45. The van der Waals surface area contributed by atoms with Crippen molar-refractivity contribution in [3.05, 3.63) is 58.7 Å². The van der Waals surface area contributed by atoms with E-state index in [-0.39, 0.29) is 0 Å². The van der Waals surface area contributed by atoms with E-state index < -0.39 is 0 Å². The molecule has 2 aromatic heterocycles. The van der Waals surface area contributed by atoms with Gasteiger partial charge in [0.2, 0.25) is 0 Å². The van der Waals surface area contributed by atoms with Crippen LogP contribution in [-0.4, -0.2) is 16.5 Å². The van der Waals surface area contributed by atoms with Gasteiger partial charge in [-0.2, -0.15) is 0 Å². The van der Waals surface area contributed by atoms with Crippen LogP contribution >= 0.6 is 11.3 Å². The largest absolute Gasteiger partial charge is 0.311 e. The second-order valence-electron chi connectivity index (χ2n) is 5.51. The number of hydrogen-bond acceptors (Lipinski definition) is 4. The van der Waals surface area contributed by atoms with Crippen LogP contribution in [0.1, 0.15) is 16.1 Å². The number of hydrogen-bond donors (Lipinski definition) is 1. The number of nitrogens with one attached hydrogen (secondary N) is 1. The van der Waals surface area contributed by atoms with Crippen molar-refractivity contribution in [2.75, 3.05) is 6.54 Å². The molecule has 0 radical (unpaired) electrons. The van der Waals surface area contributed by atoms with Gasteiger partial charge in [-0.05, 0) is 29.7 Å². The Labute approximate surface area is 134 Å². The van der Waals surface area contributed by atoms with Crippen LogP contribution in [0.2, 0.25) is 0 Å². The summed E-state index contributed by atoms with van der Waals surface area (Å²) in [4.78, 5) is 10.8. The summed E-state index contributed by atoms with van der Waals surface area (Å²) in [5.74, 6) is 0. The molecule has 1 aliphatic rings. The minimum atomic E-state index is 0.935. The first-order valence-corrected chi connectivity index (χ1v) is 8.35. The highest BCUT2D eigenvalue weighted by atomic mass is 32.1. The Kier molecular flexibility index (Phi) is 3.48.